The molecule has 1 aromatic rings. The lowest BCUT2D eigenvalue weighted by atomic mass is 10.3. The van der Waals surface area contributed by atoms with Crippen LogP contribution in [0.5, 0.6) is 0 Å². The second kappa shape index (κ2) is 6.33. The van der Waals surface area contributed by atoms with E-state index in [-0.39, 0.29) is 12.5 Å². The lowest BCUT2D eigenvalue weighted by Gasteiger charge is -2.18. The monoisotopic (exact) mass is 304 g/mol. The maximum atomic E-state index is 12.1. The Balaban J connectivity index is 2.00. The van der Waals surface area contributed by atoms with Gasteiger partial charge in [0, 0.05) is 31.7 Å². The average molecular weight is 304 g/mol. The second-order valence-electron chi connectivity index (χ2n) is 4.98. The number of aromatic nitrogens is 2. The van der Waals surface area contributed by atoms with Gasteiger partial charge >= 0.3 is 6.18 Å². The summed E-state index contributed by atoms with van der Waals surface area (Å²) in [5, 5.41) is 5.82. The summed E-state index contributed by atoms with van der Waals surface area (Å²) in [6.45, 7) is 1.37. The number of hydrogen-bond acceptors (Lipinski definition) is 6. The smallest absolute Gasteiger partial charge is 0.370 e. The average Bonchev–Trinajstić information content (AvgIpc) is 2.85. The van der Waals surface area contributed by atoms with Crippen LogP contribution in [-0.4, -0.2) is 48.9 Å². The molecule has 1 saturated heterocycles. The van der Waals surface area contributed by atoms with Gasteiger partial charge in [0.1, 0.15) is 11.6 Å². The van der Waals surface area contributed by atoms with E-state index in [2.05, 4.69) is 20.6 Å². The molecule has 118 valence electrons. The molecule has 6 nitrogen and oxygen atoms in total. The first-order valence-electron chi connectivity index (χ1n) is 6.75. The Hall–Kier alpha value is -1.77. The van der Waals surface area contributed by atoms with E-state index in [1.165, 1.54) is 0 Å². The number of anilines is 3. The minimum absolute atomic E-state index is 0.0508. The van der Waals surface area contributed by atoms with E-state index in [1.54, 1.807) is 6.07 Å². The zero-order chi connectivity index (χ0) is 15.5. The minimum Gasteiger partial charge on any atom is -0.370 e. The van der Waals surface area contributed by atoms with Gasteiger partial charge in [-0.25, -0.2) is 0 Å². The fourth-order valence-electron chi connectivity index (χ4n) is 2.24. The molecule has 1 aliphatic heterocycles. The maximum absolute atomic E-state index is 12.1. The van der Waals surface area contributed by atoms with Crippen LogP contribution in [0.2, 0.25) is 0 Å². The van der Waals surface area contributed by atoms with Gasteiger partial charge in [0.2, 0.25) is 5.95 Å². The minimum atomic E-state index is -4.19. The molecule has 1 fully saturated rings. The van der Waals surface area contributed by atoms with E-state index in [0.29, 0.717) is 17.7 Å². The van der Waals surface area contributed by atoms with Crippen LogP contribution in [0.1, 0.15) is 12.8 Å². The fourth-order valence-corrected chi connectivity index (χ4v) is 2.24. The van der Waals surface area contributed by atoms with E-state index in [4.69, 9.17) is 5.73 Å². The first-order valence-corrected chi connectivity index (χ1v) is 6.75. The van der Waals surface area contributed by atoms with Crippen LogP contribution in [0, 0.1) is 0 Å². The van der Waals surface area contributed by atoms with Gasteiger partial charge in [-0.2, -0.15) is 23.1 Å². The molecular formula is C12H19F3N6. The number of nitrogens with one attached hydrogen (secondary N) is 2. The number of nitrogens with two attached hydrogens (primary N) is 1. The number of rotatable bonds is 5. The van der Waals surface area contributed by atoms with Crippen molar-refractivity contribution in [2.75, 3.05) is 42.6 Å². The normalized spacial score (nSPS) is 19.0. The summed E-state index contributed by atoms with van der Waals surface area (Å²) in [7, 11) is 1.90. The van der Waals surface area contributed by atoms with Crippen molar-refractivity contribution in [1.29, 1.82) is 0 Å². The molecular weight excluding hydrogens is 285 g/mol. The number of halogens is 3. The molecule has 0 radical (unpaired) electrons. The Morgan fingerprint density at radius 2 is 2.19 bits per heavy atom. The van der Waals surface area contributed by atoms with Gasteiger partial charge in [0.05, 0.1) is 6.42 Å². The van der Waals surface area contributed by atoms with Crippen molar-refractivity contribution in [3.05, 3.63) is 6.07 Å². The molecule has 0 aromatic carbocycles. The molecule has 21 heavy (non-hydrogen) atoms. The molecule has 1 aliphatic rings. The molecule has 0 unspecified atom stereocenters. The number of alkyl halides is 3. The number of nitrogens with zero attached hydrogens (tertiary/aromatic N) is 3. The second-order valence-corrected chi connectivity index (χ2v) is 4.98. The predicted molar refractivity (Wildman–Crippen MR) is 75.3 cm³/mol. The molecule has 0 aliphatic carbocycles. The van der Waals surface area contributed by atoms with Crippen molar-refractivity contribution >= 4 is 17.6 Å². The summed E-state index contributed by atoms with van der Waals surface area (Å²) in [5.41, 5.74) is 5.62. The standard InChI is InChI=1S/C12H19F3N6/c1-17-8-2-5-21(7-8)10-6-9(19-11(16)20-10)18-4-3-12(13,14)15/h6,8,17H,2-5,7H2,1H3,(H3,16,18,19,20)/t8-/m1/s1. The predicted octanol–water partition coefficient (Wildman–Crippen LogP) is 1.22. The summed E-state index contributed by atoms with van der Waals surface area (Å²) in [5.74, 6) is 0.999. The van der Waals surface area contributed by atoms with E-state index in [9.17, 15) is 13.2 Å². The maximum Gasteiger partial charge on any atom is 0.390 e. The van der Waals surface area contributed by atoms with Gasteiger partial charge < -0.3 is 21.3 Å². The molecule has 1 atom stereocenters. The largest absolute Gasteiger partial charge is 0.390 e. The van der Waals surface area contributed by atoms with Gasteiger partial charge in [0.15, 0.2) is 0 Å². The molecule has 0 bridgehead atoms. The first kappa shape index (κ1) is 15.6. The lowest BCUT2D eigenvalue weighted by molar-refractivity contribution is -0.131. The van der Waals surface area contributed by atoms with Crippen molar-refractivity contribution < 1.29 is 13.2 Å². The Kier molecular flexibility index (Phi) is 4.71. The third-order valence-corrected chi connectivity index (χ3v) is 3.37. The summed E-state index contributed by atoms with van der Waals surface area (Å²) >= 11 is 0. The summed E-state index contributed by atoms with van der Waals surface area (Å²) in [4.78, 5) is 10.1. The van der Waals surface area contributed by atoms with E-state index >= 15 is 0 Å². The highest BCUT2D eigenvalue weighted by Gasteiger charge is 2.26. The number of likely N-dealkylation sites (N-methyl/N-ethyl adjacent to an activating group) is 1. The van der Waals surface area contributed by atoms with Gasteiger partial charge in [-0.15, -0.1) is 0 Å². The van der Waals surface area contributed by atoms with Crippen molar-refractivity contribution in [3.8, 4) is 0 Å². The molecule has 0 amide bonds. The van der Waals surface area contributed by atoms with Gasteiger partial charge in [0.25, 0.3) is 0 Å². The van der Waals surface area contributed by atoms with Crippen molar-refractivity contribution in [2.24, 2.45) is 0 Å². The zero-order valence-corrected chi connectivity index (χ0v) is 11.7. The van der Waals surface area contributed by atoms with E-state index < -0.39 is 12.6 Å². The van der Waals surface area contributed by atoms with Crippen LogP contribution < -0.4 is 21.3 Å². The summed E-state index contributed by atoms with van der Waals surface area (Å²) < 4.78 is 36.4. The molecule has 2 heterocycles. The third kappa shape index (κ3) is 4.62. The van der Waals surface area contributed by atoms with Crippen LogP contribution in [-0.2, 0) is 0 Å². The SMILES string of the molecule is CN[C@@H]1CCN(c2cc(NCCC(F)(F)F)nc(N)n2)C1. The third-order valence-electron chi connectivity index (χ3n) is 3.37. The lowest BCUT2D eigenvalue weighted by Crippen LogP contribution is -2.30. The number of nitrogen functional groups attached to an aromatic ring is 1. The fraction of sp³-hybridized carbons (Fsp3) is 0.667. The molecule has 9 heteroatoms. The molecule has 1 aromatic heterocycles. The molecule has 4 N–H and O–H groups in total. The zero-order valence-electron chi connectivity index (χ0n) is 11.7. The van der Waals surface area contributed by atoms with Crippen LogP contribution in [0.25, 0.3) is 0 Å². The quantitative estimate of drug-likeness (QED) is 0.759. The van der Waals surface area contributed by atoms with Gasteiger partial charge in [-0.3, -0.25) is 0 Å². The summed E-state index contributed by atoms with van der Waals surface area (Å²) in [6.07, 6.45) is -4.13. The topological polar surface area (TPSA) is 79.1 Å². The van der Waals surface area contributed by atoms with Crippen LogP contribution >= 0.6 is 0 Å². The Morgan fingerprint density at radius 3 is 2.81 bits per heavy atom. The van der Waals surface area contributed by atoms with Crippen LogP contribution in [0.3, 0.4) is 0 Å². The van der Waals surface area contributed by atoms with Crippen LogP contribution in [0.4, 0.5) is 30.8 Å². The highest BCUT2D eigenvalue weighted by atomic mass is 19.4. The van der Waals surface area contributed by atoms with E-state index in [1.807, 2.05) is 11.9 Å². The van der Waals surface area contributed by atoms with E-state index in [0.717, 1.165) is 19.5 Å². The molecule has 0 saturated carbocycles. The number of hydrogen-bond donors (Lipinski definition) is 3. The van der Waals surface area contributed by atoms with Crippen LogP contribution in [0.15, 0.2) is 6.07 Å². The van der Waals surface area contributed by atoms with Gasteiger partial charge in [-0.1, -0.05) is 0 Å². The van der Waals surface area contributed by atoms with Crippen molar-refractivity contribution in [1.82, 2.24) is 15.3 Å². The highest BCUT2D eigenvalue weighted by Crippen LogP contribution is 2.23. The van der Waals surface area contributed by atoms with Crippen molar-refractivity contribution in [3.63, 3.8) is 0 Å². The Bertz CT molecular complexity index is 479. The highest BCUT2D eigenvalue weighted by molar-refractivity contribution is 5.53. The Morgan fingerprint density at radius 1 is 1.43 bits per heavy atom. The molecule has 2 rings (SSSR count). The summed E-state index contributed by atoms with van der Waals surface area (Å²) in [6, 6.07) is 2.01. The molecule has 0 spiro atoms. The Labute approximate surface area is 120 Å². The van der Waals surface area contributed by atoms with Gasteiger partial charge in [-0.05, 0) is 13.5 Å². The van der Waals surface area contributed by atoms with Crippen molar-refractivity contribution in [2.45, 2.75) is 25.1 Å². The first-order chi connectivity index (χ1) is 9.87.